The zero-order valence-corrected chi connectivity index (χ0v) is 10.1. The maximum Gasteiger partial charge on any atom is 0.337 e. The van der Waals surface area contributed by atoms with Gasteiger partial charge in [0.25, 0.3) is 0 Å². The number of amides is 1. The second-order valence-electron chi connectivity index (χ2n) is 3.58. The van der Waals surface area contributed by atoms with Crippen molar-refractivity contribution in [2.45, 2.75) is 6.42 Å². The number of nitrogens with zero attached hydrogens (tertiary/aromatic N) is 1. The Bertz CT molecular complexity index is 566. The van der Waals surface area contributed by atoms with Crippen LogP contribution in [-0.2, 0) is 11.2 Å². The molecule has 92 valence electrons. The van der Waals surface area contributed by atoms with E-state index in [0.717, 1.165) is 5.56 Å². The maximum atomic E-state index is 11.7. The standard InChI is InChI=1S/C12H10N2O3S/c15-11(5-8-2-4-18-7-8)14-10-6-13-3-1-9(10)12(16)17/h1-4,6-7H,5H2,(H,14,15)(H,16,17). The second-order valence-corrected chi connectivity index (χ2v) is 4.36. The van der Waals surface area contributed by atoms with Crippen molar-refractivity contribution in [1.29, 1.82) is 0 Å². The van der Waals surface area contributed by atoms with E-state index >= 15 is 0 Å². The molecule has 2 aromatic heterocycles. The number of carbonyl (C=O) groups is 2. The Morgan fingerprint density at radius 1 is 1.39 bits per heavy atom. The highest BCUT2D eigenvalue weighted by Crippen LogP contribution is 2.14. The maximum absolute atomic E-state index is 11.7. The molecule has 0 radical (unpaired) electrons. The summed E-state index contributed by atoms with van der Waals surface area (Å²) in [5.74, 6) is -1.35. The Morgan fingerprint density at radius 2 is 2.22 bits per heavy atom. The van der Waals surface area contributed by atoms with Gasteiger partial charge >= 0.3 is 5.97 Å². The van der Waals surface area contributed by atoms with Gasteiger partial charge in [-0.25, -0.2) is 4.79 Å². The van der Waals surface area contributed by atoms with E-state index in [1.807, 2.05) is 16.8 Å². The van der Waals surface area contributed by atoms with Gasteiger partial charge in [-0.1, -0.05) is 0 Å². The van der Waals surface area contributed by atoms with Gasteiger partial charge in [0.1, 0.15) is 0 Å². The monoisotopic (exact) mass is 262 g/mol. The molecule has 0 aliphatic carbocycles. The summed E-state index contributed by atoms with van der Waals surface area (Å²) in [6.07, 6.45) is 2.92. The van der Waals surface area contributed by atoms with Gasteiger partial charge in [-0.2, -0.15) is 11.3 Å². The molecule has 0 saturated heterocycles. The highest BCUT2D eigenvalue weighted by atomic mass is 32.1. The van der Waals surface area contributed by atoms with Crippen LogP contribution in [0.2, 0.25) is 0 Å². The molecule has 0 fully saturated rings. The van der Waals surface area contributed by atoms with Crippen LogP contribution in [0, 0.1) is 0 Å². The smallest absolute Gasteiger partial charge is 0.337 e. The molecule has 2 heterocycles. The molecule has 5 nitrogen and oxygen atoms in total. The van der Waals surface area contributed by atoms with Gasteiger partial charge in [0, 0.05) is 6.20 Å². The van der Waals surface area contributed by atoms with Crippen LogP contribution in [0.3, 0.4) is 0 Å². The average Bonchev–Trinajstić information content (AvgIpc) is 2.82. The number of carboxylic acids is 1. The minimum Gasteiger partial charge on any atom is -0.478 e. The van der Waals surface area contributed by atoms with Crippen molar-refractivity contribution in [3.05, 3.63) is 46.4 Å². The van der Waals surface area contributed by atoms with E-state index in [1.54, 1.807) is 0 Å². The first-order chi connectivity index (χ1) is 8.66. The van der Waals surface area contributed by atoms with E-state index in [2.05, 4.69) is 10.3 Å². The average molecular weight is 262 g/mol. The largest absolute Gasteiger partial charge is 0.478 e. The van der Waals surface area contributed by atoms with Gasteiger partial charge in [0.15, 0.2) is 0 Å². The zero-order chi connectivity index (χ0) is 13.0. The molecule has 0 aromatic carbocycles. The topological polar surface area (TPSA) is 79.3 Å². The van der Waals surface area contributed by atoms with Crippen LogP contribution in [0.1, 0.15) is 15.9 Å². The molecule has 0 unspecified atom stereocenters. The number of aromatic carboxylic acids is 1. The Kier molecular flexibility index (Phi) is 3.69. The van der Waals surface area contributed by atoms with Crippen LogP contribution in [0.4, 0.5) is 5.69 Å². The van der Waals surface area contributed by atoms with Gasteiger partial charge in [0.05, 0.1) is 23.9 Å². The lowest BCUT2D eigenvalue weighted by atomic mass is 10.2. The Hall–Kier alpha value is -2.21. The summed E-state index contributed by atoms with van der Waals surface area (Å²) in [6, 6.07) is 3.20. The van der Waals surface area contributed by atoms with E-state index in [-0.39, 0.29) is 23.6 Å². The molecule has 2 aromatic rings. The SMILES string of the molecule is O=C(Cc1ccsc1)Nc1cnccc1C(=O)O. The van der Waals surface area contributed by atoms with Crippen molar-refractivity contribution in [1.82, 2.24) is 4.98 Å². The summed E-state index contributed by atoms with van der Waals surface area (Å²) in [5, 5.41) is 15.3. The molecule has 0 bridgehead atoms. The van der Waals surface area contributed by atoms with Gasteiger partial charge in [-0.3, -0.25) is 9.78 Å². The highest BCUT2D eigenvalue weighted by Gasteiger charge is 2.12. The quantitative estimate of drug-likeness (QED) is 0.883. The van der Waals surface area contributed by atoms with Gasteiger partial charge in [0.2, 0.25) is 5.91 Å². The van der Waals surface area contributed by atoms with Crippen molar-refractivity contribution >= 4 is 28.9 Å². The van der Waals surface area contributed by atoms with Crippen LogP contribution >= 0.6 is 11.3 Å². The fourth-order valence-corrected chi connectivity index (χ4v) is 2.12. The number of hydrogen-bond donors (Lipinski definition) is 2. The van der Waals surface area contributed by atoms with Crippen molar-refractivity contribution in [3.63, 3.8) is 0 Å². The first-order valence-corrected chi connectivity index (χ1v) is 6.09. The number of nitrogens with one attached hydrogen (secondary N) is 1. The molecule has 0 saturated carbocycles. The molecule has 1 amide bonds. The Balaban J connectivity index is 2.09. The number of carbonyl (C=O) groups excluding carboxylic acids is 1. The molecule has 2 N–H and O–H groups in total. The number of hydrogen-bond acceptors (Lipinski definition) is 4. The van der Waals surface area contributed by atoms with Crippen LogP contribution < -0.4 is 5.32 Å². The summed E-state index contributed by atoms with van der Waals surface area (Å²) >= 11 is 1.51. The Morgan fingerprint density at radius 3 is 2.89 bits per heavy atom. The summed E-state index contributed by atoms with van der Waals surface area (Å²) in [6.45, 7) is 0. The fraction of sp³-hybridized carbons (Fsp3) is 0.0833. The first kappa shape index (κ1) is 12.3. The summed E-state index contributed by atoms with van der Waals surface area (Å²) in [7, 11) is 0. The molecule has 6 heteroatoms. The lowest BCUT2D eigenvalue weighted by molar-refractivity contribution is -0.115. The number of anilines is 1. The predicted octanol–water partition coefficient (Wildman–Crippen LogP) is 2.02. The number of rotatable bonds is 4. The lowest BCUT2D eigenvalue weighted by Gasteiger charge is -2.06. The molecule has 18 heavy (non-hydrogen) atoms. The Labute approximate surface area is 107 Å². The van der Waals surface area contributed by atoms with E-state index in [0.29, 0.717) is 0 Å². The summed E-state index contributed by atoms with van der Waals surface area (Å²) < 4.78 is 0. The highest BCUT2D eigenvalue weighted by molar-refractivity contribution is 7.08. The van der Waals surface area contributed by atoms with Crippen LogP contribution in [-0.4, -0.2) is 22.0 Å². The van der Waals surface area contributed by atoms with Crippen LogP contribution in [0.25, 0.3) is 0 Å². The minimum atomic E-state index is -1.09. The van der Waals surface area contributed by atoms with E-state index < -0.39 is 5.97 Å². The molecule has 0 aliphatic heterocycles. The third-order valence-electron chi connectivity index (χ3n) is 2.27. The number of carboxylic acid groups (broad SMARTS) is 1. The third-order valence-corrected chi connectivity index (χ3v) is 3.00. The zero-order valence-electron chi connectivity index (χ0n) is 9.29. The molecular weight excluding hydrogens is 252 g/mol. The third kappa shape index (κ3) is 2.92. The molecule has 0 atom stereocenters. The van der Waals surface area contributed by atoms with Gasteiger partial charge in [-0.15, -0.1) is 0 Å². The number of pyridine rings is 1. The van der Waals surface area contributed by atoms with E-state index in [9.17, 15) is 9.59 Å². The second kappa shape index (κ2) is 5.42. The predicted molar refractivity (Wildman–Crippen MR) is 67.8 cm³/mol. The molecular formula is C12H10N2O3S. The summed E-state index contributed by atoms with van der Waals surface area (Å²) in [4.78, 5) is 26.5. The van der Waals surface area contributed by atoms with Gasteiger partial charge in [-0.05, 0) is 28.5 Å². The van der Waals surface area contributed by atoms with Crippen molar-refractivity contribution in [2.75, 3.05) is 5.32 Å². The summed E-state index contributed by atoms with van der Waals surface area (Å²) in [5.41, 5.74) is 1.15. The molecule has 2 rings (SSSR count). The number of thiophene rings is 1. The minimum absolute atomic E-state index is 0.0312. The van der Waals surface area contributed by atoms with Gasteiger partial charge < -0.3 is 10.4 Å². The van der Waals surface area contributed by atoms with E-state index in [4.69, 9.17) is 5.11 Å². The number of aromatic nitrogens is 1. The van der Waals surface area contributed by atoms with Crippen LogP contribution in [0.15, 0.2) is 35.3 Å². The lowest BCUT2D eigenvalue weighted by Crippen LogP contribution is -2.16. The molecule has 0 spiro atoms. The normalized spacial score (nSPS) is 10.0. The van der Waals surface area contributed by atoms with E-state index in [1.165, 1.54) is 29.8 Å². The molecule has 0 aliphatic rings. The van der Waals surface area contributed by atoms with Crippen molar-refractivity contribution in [2.24, 2.45) is 0 Å². The van der Waals surface area contributed by atoms with Crippen molar-refractivity contribution < 1.29 is 14.7 Å². The fourth-order valence-electron chi connectivity index (χ4n) is 1.45. The van der Waals surface area contributed by atoms with Crippen molar-refractivity contribution in [3.8, 4) is 0 Å². The first-order valence-electron chi connectivity index (χ1n) is 5.15. The van der Waals surface area contributed by atoms with Crippen LogP contribution in [0.5, 0.6) is 0 Å².